The molecule has 1 aromatic rings. The number of nitro benzene ring substituents is 1. The van der Waals surface area contributed by atoms with Gasteiger partial charge < -0.3 is 4.90 Å². The fourth-order valence-corrected chi connectivity index (χ4v) is 1.67. The number of carbonyl (C=O) groups is 1. The monoisotopic (exact) mass is 266 g/mol. The maximum absolute atomic E-state index is 13.2. The van der Waals surface area contributed by atoms with Gasteiger partial charge in [-0.15, -0.1) is 6.58 Å². The first-order valence-corrected chi connectivity index (χ1v) is 5.85. The molecule has 0 aromatic heterocycles. The highest BCUT2D eigenvalue weighted by molar-refractivity contribution is 5.95. The molecule has 0 saturated carbocycles. The van der Waals surface area contributed by atoms with Gasteiger partial charge in [-0.25, -0.2) is 0 Å². The van der Waals surface area contributed by atoms with Crippen molar-refractivity contribution in [2.24, 2.45) is 0 Å². The fourth-order valence-electron chi connectivity index (χ4n) is 1.67. The Morgan fingerprint density at radius 1 is 1.58 bits per heavy atom. The molecule has 0 N–H and O–H groups in total. The summed E-state index contributed by atoms with van der Waals surface area (Å²) in [6.45, 7) is 6.32. The molecule has 5 nitrogen and oxygen atoms in total. The van der Waals surface area contributed by atoms with E-state index >= 15 is 0 Å². The Kier molecular flexibility index (Phi) is 5.17. The molecule has 0 bridgehead atoms. The molecule has 0 spiro atoms. The number of rotatable bonds is 6. The summed E-state index contributed by atoms with van der Waals surface area (Å²) in [6, 6.07) is 3.14. The van der Waals surface area contributed by atoms with Crippen LogP contribution in [0.15, 0.2) is 30.9 Å². The first-order chi connectivity index (χ1) is 9.01. The number of hydrogen-bond donors (Lipinski definition) is 0. The Hall–Kier alpha value is -2.24. The van der Waals surface area contributed by atoms with Crippen molar-refractivity contribution >= 4 is 11.6 Å². The minimum atomic E-state index is -0.952. The van der Waals surface area contributed by atoms with Crippen LogP contribution in [0.25, 0.3) is 0 Å². The summed E-state index contributed by atoms with van der Waals surface area (Å²) in [5, 5.41) is 10.6. The molecule has 1 aromatic carbocycles. The molecule has 0 aliphatic heterocycles. The average molecular weight is 266 g/mol. The highest BCUT2D eigenvalue weighted by Gasteiger charge is 2.20. The van der Waals surface area contributed by atoms with Gasteiger partial charge in [0.25, 0.3) is 5.91 Å². The van der Waals surface area contributed by atoms with Gasteiger partial charge in [0.2, 0.25) is 5.82 Å². The summed E-state index contributed by atoms with van der Waals surface area (Å²) < 4.78 is 13.2. The molecular formula is C13H15FN2O3. The molecule has 1 amide bonds. The first-order valence-electron chi connectivity index (χ1n) is 5.85. The van der Waals surface area contributed by atoms with Crippen LogP contribution in [0.1, 0.15) is 23.7 Å². The smallest absolute Gasteiger partial charge is 0.305 e. The van der Waals surface area contributed by atoms with E-state index in [1.165, 1.54) is 11.0 Å². The molecule has 0 aliphatic carbocycles. The number of nitro groups is 1. The van der Waals surface area contributed by atoms with Gasteiger partial charge in [-0.3, -0.25) is 14.9 Å². The van der Waals surface area contributed by atoms with Crippen LogP contribution in [-0.2, 0) is 0 Å². The summed E-state index contributed by atoms with van der Waals surface area (Å²) in [5.74, 6) is -1.32. The van der Waals surface area contributed by atoms with E-state index in [-0.39, 0.29) is 11.5 Å². The minimum Gasteiger partial charge on any atom is -0.335 e. The molecular weight excluding hydrogens is 251 g/mol. The van der Waals surface area contributed by atoms with Crippen LogP contribution in [-0.4, -0.2) is 28.8 Å². The van der Waals surface area contributed by atoms with Crippen LogP contribution in [0.3, 0.4) is 0 Å². The summed E-state index contributed by atoms with van der Waals surface area (Å²) in [5.41, 5.74) is -0.593. The molecule has 0 heterocycles. The molecule has 1 rings (SSSR count). The van der Waals surface area contributed by atoms with E-state index in [2.05, 4.69) is 6.58 Å². The van der Waals surface area contributed by atoms with Crippen molar-refractivity contribution in [3.63, 3.8) is 0 Å². The van der Waals surface area contributed by atoms with Crippen molar-refractivity contribution < 1.29 is 14.1 Å². The van der Waals surface area contributed by atoms with Crippen molar-refractivity contribution in [2.45, 2.75) is 13.3 Å². The molecule has 6 heteroatoms. The number of carbonyl (C=O) groups excluding carboxylic acids is 1. The van der Waals surface area contributed by atoms with Crippen molar-refractivity contribution in [1.82, 2.24) is 4.90 Å². The van der Waals surface area contributed by atoms with Gasteiger partial charge in [-0.2, -0.15) is 4.39 Å². The van der Waals surface area contributed by atoms with Gasteiger partial charge in [0.05, 0.1) is 4.92 Å². The molecule has 102 valence electrons. The molecule has 0 saturated heterocycles. The van der Waals surface area contributed by atoms with Crippen LogP contribution < -0.4 is 0 Å². The lowest BCUT2D eigenvalue weighted by Crippen LogP contribution is -2.31. The van der Waals surface area contributed by atoms with E-state index in [4.69, 9.17) is 0 Å². The Morgan fingerprint density at radius 3 is 2.79 bits per heavy atom. The zero-order valence-corrected chi connectivity index (χ0v) is 10.6. The average Bonchev–Trinajstić information content (AvgIpc) is 2.38. The number of benzene rings is 1. The van der Waals surface area contributed by atoms with Gasteiger partial charge in [-0.05, 0) is 18.6 Å². The van der Waals surface area contributed by atoms with Crippen LogP contribution in [0.5, 0.6) is 0 Å². The Bertz CT molecular complexity index is 503. The topological polar surface area (TPSA) is 63.5 Å². The number of amides is 1. The maximum Gasteiger partial charge on any atom is 0.305 e. The maximum atomic E-state index is 13.2. The van der Waals surface area contributed by atoms with Crippen LogP contribution in [0.2, 0.25) is 0 Å². The van der Waals surface area contributed by atoms with Crippen molar-refractivity contribution in [2.75, 3.05) is 13.1 Å². The van der Waals surface area contributed by atoms with Crippen LogP contribution in [0.4, 0.5) is 10.1 Å². The second-order valence-electron chi connectivity index (χ2n) is 3.96. The Balaban J connectivity index is 3.07. The second-order valence-corrected chi connectivity index (χ2v) is 3.96. The van der Waals surface area contributed by atoms with Crippen LogP contribution in [0, 0.1) is 15.9 Å². The SMILES string of the molecule is C=CCN(CCC)C(=O)c1ccc(F)c([N+](=O)[O-])c1. The predicted molar refractivity (Wildman–Crippen MR) is 69.4 cm³/mol. The summed E-state index contributed by atoms with van der Waals surface area (Å²) in [4.78, 5) is 23.4. The normalized spacial score (nSPS) is 10.0. The summed E-state index contributed by atoms with van der Waals surface area (Å²) in [6.07, 6.45) is 2.33. The zero-order valence-electron chi connectivity index (χ0n) is 10.6. The van der Waals surface area contributed by atoms with Crippen molar-refractivity contribution in [3.8, 4) is 0 Å². The molecule has 0 fully saturated rings. The molecule has 0 unspecified atom stereocenters. The molecule has 0 aliphatic rings. The first kappa shape index (κ1) is 14.8. The Morgan fingerprint density at radius 2 is 2.26 bits per heavy atom. The van der Waals surface area contributed by atoms with Crippen LogP contribution >= 0.6 is 0 Å². The highest BCUT2D eigenvalue weighted by atomic mass is 19.1. The lowest BCUT2D eigenvalue weighted by molar-refractivity contribution is -0.387. The number of hydrogen-bond acceptors (Lipinski definition) is 3. The predicted octanol–water partition coefficient (Wildman–Crippen LogP) is 2.77. The minimum absolute atomic E-state index is 0.100. The van der Waals surface area contributed by atoms with E-state index in [1.807, 2.05) is 6.92 Å². The molecule has 0 radical (unpaired) electrons. The third-order valence-corrected chi connectivity index (χ3v) is 2.52. The molecule has 19 heavy (non-hydrogen) atoms. The number of halogens is 1. The third-order valence-electron chi connectivity index (χ3n) is 2.52. The van der Waals surface area contributed by atoms with Gasteiger partial charge in [0.1, 0.15) is 0 Å². The van der Waals surface area contributed by atoms with E-state index in [0.717, 1.165) is 18.6 Å². The number of nitrogens with zero attached hydrogens (tertiary/aromatic N) is 2. The highest BCUT2D eigenvalue weighted by Crippen LogP contribution is 2.19. The zero-order chi connectivity index (χ0) is 14.4. The quantitative estimate of drug-likeness (QED) is 0.452. The van der Waals surface area contributed by atoms with E-state index in [1.54, 1.807) is 6.08 Å². The Labute approximate surface area is 110 Å². The van der Waals surface area contributed by atoms with Gasteiger partial charge in [0.15, 0.2) is 0 Å². The van der Waals surface area contributed by atoms with Gasteiger partial charge in [0, 0.05) is 24.7 Å². The third kappa shape index (κ3) is 3.61. The van der Waals surface area contributed by atoms with Crippen molar-refractivity contribution in [3.05, 3.63) is 52.3 Å². The van der Waals surface area contributed by atoms with E-state index in [0.29, 0.717) is 13.1 Å². The van der Waals surface area contributed by atoms with Gasteiger partial charge in [-0.1, -0.05) is 13.0 Å². The lowest BCUT2D eigenvalue weighted by atomic mass is 10.1. The fraction of sp³-hybridized carbons (Fsp3) is 0.308. The van der Waals surface area contributed by atoms with Gasteiger partial charge >= 0.3 is 5.69 Å². The summed E-state index contributed by atoms with van der Waals surface area (Å²) in [7, 11) is 0. The molecule has 0 atom stereocenters. The standard InChI is InChI=1S/C13H15FN2O3/c1-3-7-15(8-4-2)13(17)10-5-6-11(14)12(9-10)16(18)19/h3,5-6,9H,1,4,7-8H2,2H3. The summed E-state index contributed by atoms with van der Waals surface area (Å²) >= 11 is 0. The lowest BCUT2D eigenvalue weighted by Gasteiger charge is -2.20. The van der Waals surface area contributed by atoms with E-state index in [9.17, 15) is 19.3 Å². The largest absolute Gasteiger partial charge is 0.335 e. The van der Waals surface area contributed by atoms with E-state index < -0.39 is 16.4 Å². The second kappa shape index (κ2) is 6.63. The van der Waals surface area contributed by atoms with Crippen molar-refractivity contribution in [1.29, 1.82) is 0 Å².